The van der Waals surface area contributed by atoms with Crippen molar-refractivity contribution in [2.24, 2.45) is 0 Å². The summed E-state index contributed by atoms with van der Waals surface area (Å²) >= 11 is 0. The SMILES string of the molecule is N#Cc1c(Oc2ccc(C=O)cc2)cccc1Oc1ccc(C2(c3ccc(Oc4cccc(Oc5ccc(C=O)cc5)c4C#N)cc3)c3ccccc3-c3ccccc32)cc1. The van der Waals surface area contributed by atoms with E-state index >= 15 is 0 Å². The molecule has 8 aromatic carbocycles. The summed E-state index contributed by atoms with van der Waals surface area (Å²) in [6.07, 6.45) is 1.52. The van der Waals surface area contributed by atoms with E-state index in [0.29, 0.717) is 57.1 Å². The van der Waals surface area contributed by atoms with Gasteiger partial charge in [-0.15, -0.1) is 0 Å². The van der Waals surface area contributed by atoms with Gasteiger partial charge in [-0.2, -0.15) is 10.5 Å². The van der Waals surface area contributed by atoms with E-state index in [4.69, 9.17) is 18.9 Å². The number of nitriles is 2. The molecular formula is C53H32N2O6. The maximum atomic E-state index is 11.1. The van der Waals surface area contributed by atoms with E-state index in [1.807, 2.05) is 24.3 Å². The molecule has 1 aliphatic carbocycles. The fraction of sp³-hybridized carbons (Fsp3) is 0.0189. The molecule has 0 unspecified atom stereocenters. The van der Waals surface area contributed by atoms with Gasteiger partial charge in [-0.05, 0) is 130 Å². The molecule has 0 atom stereocenters. The van der Waals surface area contributed by atoms with Crippen molar-refractivity contribution in [2.75, 3.05) is 0 Å². The van der Waals surface area contributed by atoms with Crippen LogP contribution in [0.1, 0.15) is 54.1 Å². The zero-order valence-electron chi connectivity index (χ0n) is 32.3. The topological polar surface area (TPSA) is 119 Å². The predicted octanol–water partition coefficient (Wildman–Crippen LogP) is 12.6. The Morgan fingerprint density at radius 1 is 0.377 bits per heavy atom. The molecule has 0 aliphatic heterocycles. The Balaban J connectivity index is 1.05. The number of benzene rings is 8. The number of carbonyl (C=O) groups excluding carboxylic acids is 2. The van der Waals surface area contributed by atoms with Gasteiger partial charge in [0.1, 0.15) is 81.8 Å². The zero-order valence-corrected chi connectivity index (χ0v) is 32.3. The molecule has 8 heteroatoms. The number of aldehydes is 2. The molecule has 0 bridgehead atoms. The smallest absolute Gasteiger partial charge is 0.150 e. The molecule has 0 saturated carbocycles. The molecule has 0 saturated heterocycles. The minimum absolute atomic E-state index is 0.231. The molecule has 0 fully saturated rings. The van der Waals surface area contributed by atoms with Crippen LogP contribution in [0.25, 0.3) is 11.1 Å². The standard InChI is InChI=1S/C53H32N2O6/c54-31-45-49(58-39-23-15-35(33-56)16-24-39)11-5-13-51(45)60-41-27-19-37(20-28-41)53(47-9-3-1-7-43(47)44-8-2-4-10-48(44)53)38-21-29-42(30-22-38)61-52-14-6-12-50(46(52)32-55)59-40-25-17-36(34-57)18-26-40/h1-30,33-34H. The fourth-order valence-corrected chi connectivity index (χ4v) is 7.89. The van der Waals surface area contributed by atoms with Crippen LogP contribution in [0.2, 0.25) is 0 Å². The summed E-state index contributed by atoms with van der Waals surface area (Å²) in [5, 5.41) is 20.4. The molecule has 0 spiro atoms. The fourth-order valence-electron chi connectivity index (χ4n) is 7.89. The van der Waals surface area contributed by atoms with E-state index < -0.39 is 5.41 Å². The highest BCUT2D eigenvalue weighted by Gasteiger charge is 2.46. The van der Waals surface area contributed by atoms with Gasteiger partial charge < -0.3 is 18.9 Å². The van der Waals surface area contributed by atoms with E-state index in [1.165, 1.54) is 0 Å². The van der Waals surface area contributed by atoms with Crippen molar-refractivity contribution in [3.8, 4) is 69.3 Å². The van der Waals surface area contributed by atoms with Gasteiger partial charge in [0, 0.05) is 11.1 Å². The third kappa shape index (κ3) is 7.01. The molecule has 1 aliphatic rings. The van der Waals surface area contributed by atoms with Crippen LogP contribution in [-0.2, 0) is 5.41 Å². The molecule has 9 rings (SSSR count). The third-order valence-electron chi connectivity index (χ3n) is 10.7. The summed E-state index contributed by atoms with van der Waals surface area (Å²) in [5.74, 6) is 3.36. The first-order valence-electron chi connectivity index (χ1n) is 19.3. The molecule has 61 heavy (non-hydrogen) atoms. The number of nitrogens with zero attached hydrogens (tertiary/aromatic N) is 2. The van der Waals surface area contributed by atoms with Crippen molar-refractivity contribution in [1.29, 1.82) is 10.5 Å². The summed E-state index contributed by atoms with van der Waals surface area (Å²) in [6.45, 7) is 0. The molecule has 8 nitrogen and oxygen atoms in total. The van der Waals surface area contributed by atoms with Crippen LogP contribution in [0, 0.1) is 22.7 Å². The number of ether oxygens (including phenoxy) is 4. The Morgan fingerprint density at radius 3 is 1.00 bits per heavy atom. The average Bonchev–Trinajstić information content (AvgIpc) is 3.61. The highest BCUT2D eigenvalue weighted by atomic mass is 16.5. The minimum Gasteiger partial charge on any atom is -0.456 e. The second kappa shape index (κ2) is 16.3. The summed E-state index contributed by atoms with van der Waals surface area (Å²) in [5.41, 5.74) is 7.28. The predicted molar refractivity (Wildman–Crippen MR) is 230 cm³/mol. The van der Waals surface area contributed by atoms with Crippen LogP contribution in [0.15, 0.2) is 182 Å². The van der Waals surface area contributed by atoms with E-state index in [2.05, 4.69) is 84.9 Å². The van der Waals surface area contributed by atoms with Crippen molar-refractivity contribution in [1.82, 2.24) is 0 Å². The minimum atomic E-state index is -0.722. The number of hydrogen-bond acceptors (Lipinski definition) is 8. The largest absolute Gasteiger partial charge is 0.456 e. The average molecular weight is 793 g/mol. The Hall–Kier alpha value is -8.72. The number of fused-ring (bicyclic) bond motifs is 3. The molecule has 0 radical (unpaired) electrons. The van der Waals surface area contributed by atoms with E-state index in [1.54, 1.807) is 84.9 Å². The first-order valence-corrected chi connectivity index (χ1v) is 19.3. The van der Waals surface area contributed by atoms with Gasteiger partial charge >= 0.3 is 0 Å². The summed E-state index contributed by atoms with van der Waals surface area (Å²) in [7, 11) is 0. The van der Waals surface area contributed by atoms with Crippen LogP contribution < -0.4 is 18.9 Å². The second-order valence-corrected chi connectivity index (χ2v) is 14.2. The lowest BCUT2D eigenvalue weighted by Crippen LogP contribution is -2.28. The van der Waals surface area contributed by atoms with Gasteiger partial charge in [-0.3, -0.25) is 9.59 Å². The Bertz CT molecular complexity index is 2810. The van der Waals surface area contributed by atoms with Gasteiger partial charge in [0.2, 0.25) is 0 Å². The van der Waals surface area contributed by atoms with Crippen LogP contribution >= 0.6 is 0 Å². The van der Waals surface area contributed by atoms with Crippen LogP contribution in [-0.4, -0.2) is 12.6 Å². The maximum absolute atomic E-state index is 11.1. The summed E-state index contributed by atoms with van der Waals surface area (Å²) in [4.78, 5) is 22.2. The molecule has 0 N–H and O–H groups in total. The lowest BCUT2D eigenvalue weighted by atomic mass is 9.68. The van der Waals surface area contributed by atoms with E-state index in [-0.39, 0.29) is 11.1 Å². The van der Waals surface area contributed by atoms with Crippen molar-refractivity contribution < 1.29 is 28.5 Å². The van der Waals surface area contributed by atoms with Crippen molar-refractivity contribution in [3.63, 3.8) is 0 Å². The molecular weight excluding hydrogens is 761 g/mol. The highest BCUT2D eigenvalue weighted by Crippen LogP contribution is 2.56. The normalized spacial score (nSPS) is 11.8. The molecule has 8 aromatic rings. The molecule has 0 heterocycles. The first kappa shape index (κ1) is 37.8. The Kier molecular flexibility index (Phi) is 10.1. The van der Waals surface area contributed by atoms with Gasteiger partial charge in [0.05, 0.1) is 5.41 Å². The summed E-state index contributed by atoms with van der Waals surface area (Å²) < 4.78 is 24.7. The quantitative estimate of drug-likeness (QED) is 0.112. The van der Waals surface area contributed by atoms with Crippen molar-refractivity contribution >= 4 is 12.6 Å². The van der Waals surface area contributed by atoms with Gasteiger partial charge in [0.25, 0.3) is 0 Å². The first-order chi connectivity index (χ1) is 30.0. The maximum Gasteiger partial charge on any atom is 0.150 e. The Morgan fingerprint density at radius 2 is 0.689 bits per heavy atom. The molecule has 0 amide bonds. The summed E-state index contributed by atoms with van der Waals surface area (Å²) in [6, 6.07) is 60.8. The number of hydrogen-bond donors (Lipinski definition) is 0. The molecule has 0 aromatic heterocycles. The van der Waals surface area contributed by atoms with Crippen LogP contribution in [0.3, 0.4) is 0 Å². The van der Waals surface area contributed by atoms with Gasteiger partial charge in [-0.25, -0.2) is 0 Å². The van der Waals surface area contributed by atoms with Crippen LogP contribution in [0.5, 0.6) is 46.0 Å². The third-order valence-corrected chi connectivity index (χ3v) is 10.7. The molecule has 290 valence electrons. The monoisotopic (exact) mass is 792 g/mol. The number of rotatable bonds is 12. The zero-order chi connectivity index (χ0) is 41.8. The van der Waals surface area contributed by atoms with Crippen LogP contribution in [0.4, 0.5) is 0 Å². The highest BCUT2D eigenvalue weighted by molar-refractivity contribution is 5.86. The van der Waals surface area contributed by atoms with E-state index in [9.17, 15) is 20.1 Å². The lowest BCUT2D eigenvalue weighted by molar-refractivity contribution is 0.111. The van der Waals surface area contributed by atoms with Crippen molar-refractivity contribution in [2.45, 2.75) is 5.41 Å². The van der Waals surface area contributed by atoms with Gasteiger partial charge in [0.15, 0.2) is 0 Å². The number of carbonyl (C=O) groups is 2. The lowest BCUT2D eigenvalue weighted by Gasteiger charge is -2.34. The Labute approximate surface area is 351 Å². The van der Waals surface area contributed by atoms with E-state index in [0.717, 1.165) is 46.0 Å². The van der Waals surface area contributed by atoms with Gasteiger partial charge in [-0.1, -0.05) is 84.9 Å². The second-order valence-electron chi connectivity index (χ2n) is 14.2. The van der Waals surface area contributed by atoms with Crippen molar-refractivity contribution in [3.05, 3.63) is 226 Å².